The Morgan fingerprint density at radius 2 is 2.17 bits per heavy atom. The number of ether oxygens (including phenoxy) is 1. The van der Waals surface area contributed by atoms with Crippen molar-refractivity contribution < 1.29 is 9.53 Å². The maximum absolute atomic E-state index is 11.3. The molecule has 1 aliphatic rings. The molecule has 0 aliphatic heterocycles. The van der Waals surface area contributed by atoms with E-state index in [0.29, 0.717) is 19.2 Å². The fourth-order valence-electron chi connectivity index (χ4n) is 1.75. The van der Waals surface area contributed by atoms with Gasteiger partial charge in [-0.15, -0.1) is 0 Å². The average molecular weight is 248 g/mol. The Morgan fingerprint density at radius 3 is 2.83 bits per heavy atom. The van der Waals surface area contributed by atoms with E-state index in [4.69, 9.17) is 4.74 Å². The van der Waals surface area contributed by atoms with Crippen LogP contribution in [0, 0.1) is 13.8 Å². The normalized spacial score (nSPS) is 14.1. The van der Waals surface area contributed by atoms with E-state index >= 15 is 0 Å². The maximum Gasteiger partial charge on any atom is 0.315 e. The Kier molecular flexibility index (Phi) is 4.07. The Bertz CT molecular complexity index is 428. The van der Waals surface area contributed by atoms with Crippen molar-refractivity contribution >= 4 is 6.03 Å². The van der Waals surface area contributed by atoms with Crippen LogP contribution in [0.1, 0.15) is 24.0 Å². The molecule has 1 aliphatic carbocycles. The molecule has 1 saturated carbocycles. The van der Waals surface area contributed by atoms with Crippen molar-refractivity contribution in [3.63, 3.8) is 0 Å². The van der Waals surface area contributed by atoms with E-state index in [1.54, 1.807) is 0 Å². The number of carbonyl (C=O) groups is 1. The van der Waals surface area contributed by atoms with Crippen molar-refractivity contribution in [3.8, 4) is 5.75 Å². The number of carbonyl (C=O) groups excluding carboxylic acids is 1. The molecule has 0 unspecified atom stereocenters. The lowest BCUT2D eigenvalue weighted by atomic mass is 10.1. The van der Waals surface area contributed by atoms with Crippen LogP contribution >= 0.6 is 0 Å². The summed E-state index contributed by atoms with van der Waals surface area (Å²) in [4.78, 5) is 11.3. The monoisotopic (exact) mass is 248 g/mol. The molecule has 0 radical (unpaired) electrons. The van der Waals surface area contributed by atoms with Gasteiger partial charge in [0.25, 0.3) is 0 Å². The summed E-state index contributed by atoms with van der Waals surface area (Å²) in [6.07, 6.45) is 2.21. The summed E-state index contributed by atoms with van der Waals surface area (Å²) in [5, 5.41) is 5.65. The fraction of sp³-hybridized carbons (Fsp3) is 0.500. The quantitative estimate of drug-likeness (QED) is 0.784. The lowest BCUT2D eigenvalue weighted by Crippen LogP contribution is -2.38. The van der Waals surface area contributed by atoms with Gasteiger partial charge in [-0.25, -0.2) is 4.79 Å². The fourth-order valence-corrected chi connectivity index (χ4v) is 1.75. The largest absolute Gasteiger partial charge is 0.491 e. The molecule has 2 amide bonds. The maximum atomic E-state index is 11.3. The zero-order chi connectivity index (χ0) is 13.0. The van der Waals surface area contributed by atoms with Gasteiger partial charge in [-0.1, -0.05) is 17.7 Å². The summed E-state index contributed by atoms with van der Waals surface area (Å²) in [6.45, 7) is 5.09. The Hall–Kier alpha value is -1.71. The highest BCUT2D eigenvalue weighted by atomic mass is 16.5. The predicted octanol–water partition coefficient (Wildman–Crippen LogP) is 2.14. The van der Waals surface area contributed by atoms with Gasteiger partial charge < -0.3 is 15.4 Å². The molecule has 1 aromatic rings. The minimum atomic E-state index is -0.0956. The van der Waals surface area contributed by atoms with E-state index in [9.17, 15) is 4.79 Å². The second-order valence-corrected chi connectivity index (χ2v) is 4.79. The van der Waals surface area contributed by atoms with Gasteiger partial charge in [-0.05, 0) is 38.3 Å². The second-order valence-electron chi connectivity index (χ2n) is 4.79. The molecule has 0 bridgehead atoms. The van der Waals surface area contributed by atoms with Crippen molar-refractivity contribution in [3.05, 3.63) is 29.3 Å². The van der Waals surface area contributed by atoms with Crippen LogP contribution < -0.4 is 15.4 Å². The molecular weight excluding hydrogens is 228 g/mol. The van der Waals surface area contributed by atoms with Crippen LogP contribution in [0.25, 0.3) is 0 Å². The first-order valence-corrected chi connectivity index (χ1v) is 6.39. The summed E-state index contributed by atoms with van der Waals surface area (Å²) >= 11 is 0. The standard InChI is InChI=1S/C14H20N2O2/c1-10-3-6-13(11(2)9-10)18-8-7-15-14(17)16-12-4-5-12/h3,6,9,12H,4-5,7-8H2,1-2H3,(H2,15,16,17). The summed E-state index contributed by atoms with van der Waals surface area (Å²) in [5.41, 5.74) is 2.35. The summed E-state index contributed by atoms with van der Waals surface area (Å²) in [6, 6.07) is 6.37. The van der Waals surface area contributed by atoms with Gasteiger partial charge in [0.1, 0.15) is 12.4 Å². The number of hydrogen-bond donors (Lipinski definition) is 2. The van der Waals surface area contributed by atoms with Gasteiger partial charge in [-0.2, -0.15) is 0 Å². The SMILES string of the molecule is Cc1ccc(OCCNC(=O)NC2CC2)c(C)c1. The molecule has 0 atom stereocenters. The number of hydrogen-bond acceptors (Lipinski definition) is 2. The third-order valence-electron chi connectivity index (χ3n) is 2.89. The zero-order valence-corrected chi connectivity index (χ0v) is 11.0. The molecule has 2 N–H and O–H groups in total. The molecule has 4 heteroatoms. The van der Waals surface area contributed by atoms with Gasteiger partial charge in [-0.3, -0.25) is 0 Å². The van der Waals surface area contributed by atoms with E-state index in [2.05, 4.69) is 23.6 Å². The van der Waals surface area contributed by atoms with Crippen molar-refractivity contribution in [1.82, 2.24) is 10.6 Å². The second kappa shape index (κ2) is 5.76. The highest BCUT2D eigenvalue weighted by Gasteiger charge is 2.22. The first-order chi connectivity index (χ1) is 8.65. The third-order valence-corrected chi connectivity index (χ3v) is 2.89. The number of benzene rings is 1. The number of aryl methyl sites for hydroxylation is 2. The van der Waals surface area contributed by atoms with E-state index in [-0.39, 0.29) is 6.03 Å². The number of nitrogens with one attached hydrogen (secondary N) is 2. The highest BCUT2D eigenvalue weighted by molar-refractivity contribution is 5.74. The van der Waals surface area contributed by atoms with Crippen molar-refractivity contribution in [2.75, 3.05) is 13.2 Å². The van der Waals surface area contributed by atoms with Crippen LogP contribution in [0.3, 0.4) is 0 Å². The molecule has 1 aromatic carbocycles. The minimum absolute atomic E-state index is 0.0956. The smallest absolute Gasteiger partial charge is 0.315 e. The summed E-state index contributed by atoms with van der Waals surface area (Å²) < 4.78 is 5.62. The average Bonchev–Trinajstić information content (AvgIpc) is 3.10. The van der Waals surface area contributed by atoms with Gasteiger partial charge >= 0.3 is 6.03 Å². The van der Waals surface area contributed by atoms with Crippen molar-refractivity contribution in [1.29, 1.82) is 0 Å². The summed E-state index contributed by atoms with van der Waals surface area (Å²) in [7, 11) is 0. The Morgan fingerprint density at radius 1 is 1.39 bits per heavy atom. The molecule has 18 heavy (non-hydrogen) atoms. The number of rotatable bonds is 5. The van der Waals surface area contributed by atoms with Crippen LogP contribution in [0.5, 0.6) is 5.75 Å². The van der Waals surface area contributed by atoms with E-state index in [1.165, 1.54) is 5.56 Å². The van der Waals surface area contributed by atoms with Gasteiger partial charge in [0, 0.05) is 6.04 Å². The number of urea groups is 1. The van der Waals surface area contributed by atoms with Crippen LogP contribution in [0.2, 0.25) is 0 Å². The van der Waals surface area contributed by atoms with Crippen LogP contribution in [-0.2, 0) is 0 Å². The van der Waals surface area contributed by atoms with E-state index < -0.39 is 0 Å². The molecule has 0 spiro atoms. The molecule has 2 rings (SSSR count). The first-order valence-electron chi connectivity index (χ1n) is 6.39. The lowest BCUT2D eigenvalue weighted by molar-refractivity contribution is 0.236. The van der Waals surface area contributed by atoms with E-state index in [1.807, 2.05) is 19.1 Å². The highest BCUT2D eigenvalue weighted by Crippen LogP contribution is 2.19. The molecule has 98 valence electrons. The Balaban J connectivity index is 1.66. The molecule has 1 fully saturated rings. The van der Waals surface area contributed by atoms with Crippen LogP contribution in [0.4, 0.5) is 4.79 Å². The molecule has 4 nitrogen and oxygen atoms in total. The Labute approximate surface area is 108 Å². The van der Waals surface area contributed by atoms with Gasteiger partial charge in [0.05, 0.1) is 6.54 Å². The van der Waals surface area contributed by atoms with Crippen molar-refractivity contribution in [2.24, 2.45) is 0 Å². The van der Waals surface area contributed by atoms with Crippen LogP contribution in [-0.4, -0.2) is 25.2 Å². The lowest BCUT2D eigenvalue weighted by Gasteiger charge is -2.10. The van der Waals surface area contributed by atoms with Gasteiger partial charge in [0.2, 0.25) is 0 Å². The van der Waals surface area contributed by atoms with Gasteiger partial charge in [0.15, 0.2) is 0 Å². The van der Waals surface area contributed by atoms with E-state index in [0.717, 1.165) is 24.2 Å². The molecule has 0 saturated heterocycles. The molecule has 0 aromatic heterocycles. The first kappa shape index (κ1) is 12.7. The van der Waals surface area contributed by atoms with Crippen LogP contribution in [0.15, 0.2) is 18.2 Å². The molecular formula is C14H20N2O2. The minimum Gasteiger partial charge on any atom is -0.491 e. The predicted molar refractivity (Wildman–Crippen MR) is 71.0 cm³/mol. The van der Waals surface area contributed by atoms with Crippen molar-refractivity contribution in [2.45, 2.75) is 32.7 Å². The zero-order valence-electron chi connectivity index (χ0n) is 11.0. The molecule has 0 heterocycles. The topological polar surface area (TPSA) is 50.4 Å². The third kappa shape index (κ3) is 3.95. The summed E-state index contributed by atoms with van der Waals surface area (Å²) in [5.74, 6) is 0.880. The number of amides is 2.